The predicted octanol–water partition coefficient (Wildman–Crippen LogP) is 5.79. The number of hydrogen-bond acceptors (Lipinski definition) is 5. The van der Waals surface area contributed by atoms with Crippen LogP contribution >= 0.6 is 23.2 Å². The van der Waals surface area contributed by atoms with Crippen LogP contribution in [0.15, 0.2) is 75.9 Å². The van der Waals surface area contributed by atoms with Gasteiger partial charge in [-0.1, -0.05) is 23.2 Å². The number of anilines is 1. The Morgan fingerprint density at radius 1 is 0.969 bits per heavy atom. The molecule has 0 fully saturated rings. The second-order valence-electron chi connectivity index (χ2n) is 6.80. The molecule has 0 saturated heterocycles. The van der Waals surface area contributed by atoms with Crippen LogP contribution in [0.1, 0.15) is 0 Å². The van der Waals surface area contributed by atoms with Gasteiger partial charge in [0.05, 0.1) is 12.5 Å². The Hall–Kier alpha value is -3.48. The van der Waals surface area contributed by atoms with Crippen LogP contribution in [0.4, 0.5) is 5.69 Å². The summed E-state index contributed by atoms with van der Waals surface area (Å²) in [6, 6.07) is 18.3. The fourth-order valence-electron chi connectivity index (χ4n) is 3.08. The first-order valence-electron chi connectivity index (χ1n) is 9.53. The van der Waals surface area contributed by atoms with Crippen LogP contribution in [0.3, 0.4) is 0 Å². The molecule has 32 heavy (non-hydrogen) atoms. The number of ether oxygens (including phenoxy) is 2. The third-order valence-corrected chi connectivity index (χ3v) is 5.13. The highest BCUT2D eigenvalue weighted by atomic mass is 35.5. The van der Waals surface area contributed by atoms with E-state index in [1.54, 1.807) is 67.8 Å². The second-order valence-corrected chi connectivity index (χ2v) is 7.68. The lowest BCUT2D eigenvalue weighted by atomic mass is 10.1. The van der Waals surface area contributed by atoms with Gasteiger partial charge < -0.3 is 19.2 Å². The van der Waals surface area contributed by atoms with Crippen molar-refractivity contribution in [2.45, 2.75) is 0 Å². The average molecular weight is 470 g/mol. The molecule has 1 heterocycles. The summed E-state index contributed by atoms with van der Waals surface area (Å²) in [5.74, 6) is 0.327. The largest absolute Gasteiger partial charge is 0.497 e. The highest BCUT2D eigenvalue weighted by Crippen LogP contribution is 2.32. The van der Waals surface area contributed by atoms with Gasteiger partial charge in [-0.3, -0.25) is 9.59 Å². The Morgan fingerprint density at radius 2 is 1.66 bits per heavy atom. The van der Waals surface area contributed by atoms with Gasteiger partial charge in [-0.2, -0.15) is 0 Å². The minimum Gasteiger partial charge on any atom is -0.497 e. The van der Waals surface area contributed by atoms with Crippen LogP contribution in [-0.4, -0.2) is 19.6 Å². The topological polar surface area (TPSA) is 77.8 Å². The summed E-state index contributed by atoms with van der Waals surface area (Å²) in [7, 11) is 1.56. The van der Waals surface area contributed by atoms with Crippen molar-refractivity contribution in [2.75, 3.05) is 19.0 Å². The smallest absolute Gasteiger partial charge is 0.262 e. The van der Waals surface area contributed by atoms with E-state index in [9.17, 15) is 9.59 Å². The van der Waals surface area contributed by atoms with Crippen LogP contribution in [0.5, 0.6) is 11.5 Å². The van der Waals surface area contributed by atoms with E-state index in [4.69, 9.17) is 37.1 Å². The molecule has 0 unspecified atom stereocenters. The van der Waals surface area contributed by atoms with Crippen LogP contribution in [0.25, 0.3) is 22.3 Å². The molecule has 0 saturated carbocycles. The van der Waals surface area contributed by atoms with Gasteiger partial charge in [0, 0.05) is 21.3 Å². The van der Waals surface area contributed by atoms with Crippen molar-refractivity contribution in [1.29, 1.82) is 0 Å². The number of carbonyl (C=O) groups is 1. The molecule has 4 aromatic rings. The Morgan fingerprint density at radius 3 is 2.34 bits per heavy atom. The van der Waals surface area contributed by atoms with E-state index in [2.05, 4.69) is 5.32 Å². The number of amides is 1. The molecular formula is C24H17Cl2NO5. The maximum atomic E-state index is 13.2. The van der Waals surface area contributed by atoms with E-state index >= 15 is 0 Å². The van der Waals surface area contributed by atoms with E-state index in [-0.39, 0.29) is 16.9 Å². The van der Waals surface area contributed by atoms with E-state index in [1.807, 2.05) is 0 Å². The third-order valence-electron chi connectivity index (χ3n) is 4.64. The summed E-state index contributed by atoms with van der Waals surface area (Å²) in [6.07, 6.45) is 0. The molecule has 0 bridgehead atoms. The first-order valence-corrected chi connectivity index (χ1v) is 10.3. The Labute approximate surface area is 193 Å². The second kappa shape index (κ2) is 9.34. The molecule has 162 valence electrons. The van der Waals surface area contributed by atoms with E-state index in [0.717, 1.165) is 0 Å². The predicted molar refractivity (Wildman–Crippen MR) is 125 cm³/mol. The Balaban J connectivity index is 1.65. The molecule has 8 heteroatoms. The summed E-state index contributed by atoms with van der Waals surface area (Å²) in [4.78, 5) is 25.6. The molecule has 0 aliphatic heterocycles. The van der Waals surface area contributed by atoms with Crippen molar-refractivity contribution >= 4 is 45.8 Å². The fourth-order valence-corrected chi connectivity index (χ4v) is 3.38. The first-order chi connectivity index (χ1) is 15.4. The monoisotopic (exact) mass is 469 g/mol. The maximum Gasteiger partial charge on any atom is 0.262 e. The molecule has 0 atom stereocenters. The molecular weight excluding hydrogens is 453 g/mol. The summed E-state index contributed by atoms with van der Waals surface area (Å²) in [6.45, 7) is -0.399. The molecule has 4 rings (SSSR count). The quantitative estimate of drug-likeness (QED) is 0.386. The molecule has 1 aromatic heterocycles. The number of fused-ring (bicyclic) bond motifs is 1. The molecule has 6 nitrogen and oxygen atoms in total. The average Bonchev–Trinajstić information content (AvgIpc) is 2.80. The number of nitrogens with one attached hydrogen (secondary N) is 1. The molecule has 0 aliphatic rings. The van der Waals surface area contributed by atoms with Crippen molar-refractivity contribution in [3.63, 3.8) is 0 Å². The van der Waals surface area contributed by atoms with Crippen LogP contribution in [-0.2, 0) is 4.79 Å². The van der Waals surface area contributed by atoms with Crippen molar-refractivity contribution in [1.82, 2.24) is 0 Å². The molecule has 0 spiro atoms. The van der Waals surface area contributed by atoms with Gasteiger partial charge in [0.15, 0.2) is 12.4 Å². The standard InChI is InChI=1S/C24H17Cl2NO5/c1-30-18-9-7-17(8-10-18)27-21(28)13-31-24-22(29)19-12-16(26)6-11-20(19)32-23(24)14-2-4-15(25)5-3-14/h2-12H,13H2,1H3,(H,27,28). The molecule has 3 aromatic carbocycles. The van der Waals surface area contributed by atoms with Crippen molar-refractivity contribution in [3.8, 4) is 22.8 Å². The van der Waals surface area contributed by atoms with Crippen LogP contribution < -0.4 is 20.2 Å². The van der Waals surface area contributed by atoms with Gasteiger partial charge >= 0.3 is 0 Å². The zero-order valence-corrected chi connectivity index (χ0v) is 18.4. The maximum absolute atomic E-state index is 13.2. The Kier molecular flexibility index (Phi) is 6.35. The number of halogens is 2. The lowest BCUT2D eigenvalue weighted by Crippen LogP contribution is -2.22. The van der Waals surface area contributed by atoms with E-state index < -0.39 is 17.9 Å². The van der Waals surface area contributed by atoms with E-state index in [1.165, 1.54) is 6.07 Å². The van der Waals surface area contributed by atoms with Crippen molar-refractivity contribution < 1.29 is 18.7 Å². The van der Waals surface area contributed by atoms with Crippen molar-refractivity contribution in [2.24, 2.45) is 0 Å². The zero-order valence-electron chi connectivity index (χ0n) is 16.9. The van der Waals surface area contributed by atoms with Crippen LogP contribution in [0.2, 0.25) is 10.0 Å². The van der Waals surface area contributed by atoms with Gasteiger partial charge in [0.25, 0.3) is 5.91 Å². The van der Waals surface area contributed by atoms with Gasteiger partial charge in [0.2, 0.25) is 11.2 Å². The zero-order chi connectivity index (χ0) is 22.7. The number of carbonyl (C=O) groups excluding carboxylic acids is 1. The van der Waals surface area contributed by atoms with E-state index in [0.29, 0.717) is 32.6 Å². The fraction of sp³-hybridized carbons (Fsp3) is 0.0833. The van der Waals surface area contributed by atoms with Gasteiger partial charge in [-0.15, -0.1) is 0 Å². The van der Waals surface area contributed by atoms with Crippen molar-refractivity contribution in [3.05, 3.63) is 87.0 Å². The SMILES string of the molecule is COc1ccc(NC(=O)COc2c(-c3ccc(Cl)cc3)oc3ccc(Cl)cc3c2=O)cc1. The Bertz CT molecular complexity index is 1330. The summed E-state index contributed by atoms with van der Waals surface area (Å²) in [5.41, 5.74) is 1.05. The van der Waals surface area contributed by atoms with Gasteiger partial charge in [-0.05, 0) is 66.7 Å². The minimum absolute atomic E-state index is 0.0908. The summed E-state index contributed by atoms with van der Waals surface area (Å²) in [5, 5.41) is 3.87. The highest BCUT2D eigenvalue weighted by Gasteiger charge is 2.19. The highest BCUT2D eigenvalue weighted by molar-refractivity contribution is 6.31. The number of rotatable bonds is 6. The van der Waals surface area contributed by atoms with Crippen LogP contribution in [0, 0.1) is 0 Å². The normalized spacial score (nSPS) is 10.7. The van der Waals surface area contributed by atoms with Gasteiger partial charge in [-0.25, -0.2) is 0 Å². The molecule has 1 N–H and O–H groups in total. The minimum atomic E-state index is -0.442. The van der Waals surface area contributed by atoms with Gasteiger partial charge in [0.1, 0.15) is 11.3 Å². The summed E-state index contributed by atoms with van der Waals surface area (Å²) >= 11 is 12.0. The number of hydrogen-bond donors (Lipinski definition) is 1. The first kappa shape index (κ1) is 21.7. The molecule has 0 radical (unpaired) electrons. The third kappa shape index (κ3) is 4.72. The molecule has 0 aliphatic carbocycles. The molecule has 1 amide bonds. The number of methoxy groups -OCH3 is 1. The summed E-state index contributed by atoms with van der Waals surface area (Å²) < 4.78 is 16.7. The number of benzene rings is 3. The lowest BCUT2D eigenvalue weighted by Gasteiger charge is -2.12. The lowest BCUT2D eigenvalue weighted by molar-refractivity contribution is -0.118.